The highest BCUT2D eigenvalue weighted by Crippen LogP contribution is 2.37. The summed E-state index contributed by atoms with van der Waals surface area (Å²) in [6, 6.07) is 18.0. The van der Waals surface area contributed by atoms with Crippen molar-refractivity contribution < 1.29 is 31.9 Å². The fourth-order valence-electron chi connectivity index (χ4n) is 6.94. The molecule has 49 heavy (non-hydrogen) atoms. The molecule has 4 atom stereocenters. The summed E-state index contributed by atoms with van der Waals surface area (Å²) in [4.78, 5) is 27.3. The molecule has 0 unspecified atom stereocenters. The molecule has 0 bridgehead atoms. The predicted molar refractivity (Wildman–Crippen MR) is 187 cm³/mol. The number of nitrogens with zero attached hydrogens (tertiary/aromatic N) is 1. The van der Waals surface area contributed by atoms with E-state index in [0.717, 1.165) is 5.56 Å². The topological polar surface area (TPSA) is 126 Å². The average molecular weight is 715 g/mol. The SMILES string of the molecule is CCOC(=O)N[C@H](C(=O)Nc1cccc(F)c1CC[C@H]1CNC[C@@H](C)N1S(=O)(=O)c1ccccc1)[C@@H](c1ccc(Cl)cc1)C1CCOCC1. The van der Waals surface area contributed by atoms with Gasteiger partial charge in [0, 0.05) is 60.6 Å². The molecule has 0 spiro atoms. The Hall–Kier alpha value is -3.55. The molecular formula is C36H44ClFN4O6S. The van der Waals surface area contributed by atoms with Crippen molar-refractivity contribution in [2.24, 2.45) is 5.92 Å². The molecule has 2 heterocycles. The molecule has 0 aromatic heterocycles. The zero-order valence-corrected chi connectivity index (χ0v) is 29.3. The zero-order chi connectivity index (χ0) is 35.0. The van der Waals surface area contributed by atoms with Crippen molar-refractivity contribution in [2.45, 2.75) is 68.5 Å². The average Bonchev–Trinajstić information content (AvgIpc) is 3.09. The van der Waals surface area contributed by atoms with E-state index in [2.05, 4.69) is 16.0 Å². The second-order valence-corrected chi connectivity index (χ2v) is 14.8. The van der Waals surface area contributed by atoms with E-state index in [4.69, 9.17) is 21.1 Å². The summed E-state index contributed by atoms with van der Waals surface area (Å²) in [6.07, 6.45) is 1.05. The first-order chi connectivity index (χ1) is 23.6. The molecular weight excluding hydrogens is 671 g/mol. The van der Waals surface area contributed by atoms with Crippen LogP contribution in [0.4, 0.5) is 14.9 Å². The normalized spacial score (nSPS) is 20.2. The highest BCUT2D eigenvalue weighted by Gasteiger charge is 2.40. The van der Waals surface area contributed by atoms with Gasteiger partial charge in [-0.15, -0.1) is 0 Å². The standard InChI is InChI=1S/C36H44ClFN4O6S/c1-3-48-36(44)41-34(33(26-18-20-47-21-19-26)25-12-14-27(37)15-13-25)35(43)40-32-11-7-10-31(38)30(32)17-16-28-23-39-22-24(2)42(28)49(45,46)29-8-5-4-6-9-29/h4-15,24,26,28,33-34,39H,3,16-23H2,1-2H3,(H,40,43)(H,41,44)/t24-,28+,33+,34+/m1/s1. The quantitative estimate of drug-likeness (QED) is 0.219. The number of anilines is 1. The number of carbonyl (C=O) groups excluding carboxylic acids is 2. The molecule has 0 radical (unpaired) electrons. The summed E-state index contributed by atoms with van der Waals surface area (Å²) < 4.78 is 55.4. The van der Waals surface area contributed by atoms with Crippen molar-refractivity contribution in [3.8, 4) is 0 Å². The molecule has 13 heteroatoms. The van der Waals surface area contributed by atoms with Gasteiger partial charge in [0.1, 0.15) is 11.9 Å². The van der Waals surface area contributed by atoms with Gasteiger partial charge < -0.3 is 25.4 Å². The number of sulfonamides is 1. The minimum Gasteiger partial charge on any atom is -0.450 e. The summed E-state index contributed by atoms with van der Waals surface area (Å²) in [7, 11) is -3.82. The Balaban J connectivity index is 1.42. The molecule has 3 N–H and O–H groups in total. The Morgan fingerprint density at radius 1 is 1.04 bits per heavy atom. The van der Waals surface area contributed by atoms with E-state index >= 15 is 4.39 Å². The molecule has 2 aliphatic heterocycles. The third-order valence-corrected chi connectivity index (χ3v) is 11.6. The van der Waals surface area contributed by atoms with E-state index in [9.17, 15) is 18.0 Å². The fourth-order valence-corrected chi connectivity index (χ4v) is 8.93. The second kappa shape index (κ2) is 16.9. The Labute approximate surface area is 292 Å². The van der Waals surface area contributed by atoms with Crippen LogP contribution in [-0.4, -0.2) is 75.8 Å². The second-order valence-electron chi connectivity index (χ2n) is 12.5. The third-order valence-electron chi connectivity index (χ3n) is 9.26. The van der Waals surface area contributed by atoms with Gasteiger partial charge in [0.05, 0.1) is 11.5 Å². The minimum absolute atomic E-state index is 0.0158. The monoisotopic (exact) mass is 714 g/mol. The van der Waals surface area contributed by atoms with Gasteiger partial charge in [-0.2, -0.15) is 4.31 Å². The molecule has 0 aliphatic carbocycles. The van der Waals surface area contributed by atoms with Gasteiger partial charge in [0.25, 0.3) is 0 Å². The first-order valence-corrected chi connectivity index (χ1v) is 18.6. The smallest absolute Gasteiger partial charge is 0.407 e. The van der Waals surface area contributed by atoms with E-state index in [1.165, 1.54) is 16.4 Å². The van der Waals surface area contributed by atoms with Crippen LogP contribution in [0, 0.1) is 11.7 Å². The largest absolute Gasteiger partial charge is 0.450 e. The zero-order valence-electron chi connectivity index (χ0n) is 27.7. The summed E-state index contributed by atoms with van der Waals surface area (Å²) in [5.41, 5.74) is 1.30. The maximum atomic E-state index is 15.6. The summed E-state index contributed by atoms with van der Waals surface area (Å²) in [5.74, 6) is -1.54. The van der Waals surface area contributed by atoms with Crippen LogP contribution in [0.1, 0.15) is 50.2 Å². The lowest BCUT2D eigenvalue weighted by Gasteiger charge is -2.40. The van der Waals surface area contributed by atoms with Crippen molar-refractivity contribution >= 4 is 39.3 Å². The lowest BCUT2D eigenvalue weighted by molar-refractivity contribution is -0.119. The summed E-state index contributed by atoms with van der Waals surface area (Å²) >= 11 is 6.20. The number of alkyl carbamates (subject to hydrolysis) is 1. The number of halogens is 2. The van der Waals surface area contributed by atoms with Crippen LogP contribution in [0.2, 0.25) is 5.02 Å². The van der Waals surface area contributed by atoms with E-state index in [0.29, 0.717) is 50.6 Å². The molecule has 3 aromatic carbocycles. The highest BCUT2D eigenvalue weighted by atomic mass is 35.5. The number of hydrogen-bond acceptors (Lipinski definition) is 7. The molecule has 2 fully saturated rings. The maximum absolute atomic E-state index is 15.6. The van der Waals surface area contributed by atoms with Crippen LogP contribution in [0.25, 0.3) is 0 Å². The van der Waals surface area contributed by atoms with E-state index in [-0.39, 0.29) is 41.1 Å². The molecule has 3 aromatic rings. The van der Waals surface area contributed by atoms with Crippen molar-refractivity contribution in [1.82, 2.24) is 14.9 Å². The molecule has 2 aliphatic rings. The van der Waals surface area contributed by atoms with E-state index in [1.54, 1.807) is 55.5 Å². The van der Waals surface area contributed by atoms with Gasteiger partial charge in [-0.3, -0.25) is 4.79 Å². The summed E-state index contributed by atoms with van der Waals surface area (Å²) in [6.45, 7) is 5.55. The molecule has 10 nitrogen and oxygen atoms in total. The van der Waals surface area contributed by atoms with Gasteiger partial charge in [0.15, 0.2) is 0 Å². The number of benzene rings is 3. The van der Waals surface area contributed by atoms with Crippen molar-refractivity contribution in [1.29, 1.82) is 0 Å². The Morgan fingerprint density at radius 3 is 2.45 bits per heavy atom. The van der Waals surface area contributed by atoms with Gasteiger partial charge in [0.2, 0.25) is 15.9 Å². The first kappa shape index (κ1) is 36.7. The van der Waals surface area contributed by atoms with Crippen LogP contribution >= 0.6 is 11.6 Å². The third kappa shape index (κ3) is 8.98. The number of rotatable bonds is 12. The lowest BCUT2D eigenvalue weighted by Crippen LogP contribution is -2.58. The van der Waals surface area contributed by atoms with E-state index in [1.807, 2.05) is 19.1 Å². The Kier molecular flexibility index (Phi) is 12.7. The summed E-state index contributed by atoms with van der Waals surface area (Å²) in [5, 5.41) is 9.54. The van der Waals surface area contributed by atoms with Crippen LogP contribution in [-0.2, 0) is 30.7 Å². The number of piperazine rings is 1. The van der Waals surface area contributed by atoms with Crippen LogP contribution < -0.4 is 16.0 Å². The van der Waals surface area contributed by atoms with Crippen LogP contribution in [0.3, 0.4) is 0 Å². The number of carbonyl (C=O) groups is 2. The number of nitrogens with one attached hydrogen (secondary N) is 3. The predicted octanol–water partition coefficient (Wildman–Crippen LogP) is 5.73. The first-order valence-electron chi connectivity index (χ1n) is 16.7. The molecule has 264 valence electrons. The molecule has 5 rings (SSSR count). The Morgan fingerprint density at radius 2 is 1.76 bits per heavy atom. The van der Waals surface area contributed by atoms with Gasteiger partial charge >= 0.3 is 6.09 Å². The number of ether oxygens (including phenoxy) is 2. The van der Waals surface area contributed by atoms with Crippen LogP contribution in [0.5, 0.6) is 0 Å². The molecule has 0 saturated carbocycles. The van der Waals surface area contributed by atoms with Crippen molar-refractivity contribution in [2.75, 3.05) is 38.2 Å². The van der Waals surface area contributed by atoms with Crippen molar-refractivity contribution in [3.63, 3.8) is 0 Å². The number of hydrogen-bond donors (Lipinski definition) is 3. The van der Waals surface area contributed by atoms with E-state index < -0.39 is 45.8 Å². The van der Waals surface area contributed by atoms with Crippen LogP contribution in [0.15, 0.2) is 77.7 Å². The molecule has 2 saturated heterocycles. The fraction of sp³-hybridized carbons (Fsp3) is 0.444. The maximum Gasteiger partial charge on any atom is 0.407 e. The van der Waals surface area contributed by atoms with Gasteiger partial charge in [-0.25, -0.2) is 17.6 Å². The Bertz CT molecular complexity index is 1670. The molecule has 2 amide bonds. The lowest BCUT2D eigenvalue weighted by atomic mass is 9.76. The highest BCUT2D eigenvalue weighted by molar-refractivity contribution is 7.89. The van der Waals surface area contributed by atoms with Crippen molar-refractivity contribution in [3.05, 3.63) is 94.8 Å². The minimum atomic E-state index is -3.82. The van der Waals surface area contributed by atoms with Gasteiger partial charge in [-0.1, -0.05) is 48.0 Å². The van der Waals surface area contributed by atoms with Gasteiger partial charge in [-0.05, 0) is 87.4 Å². The number of amides is 2.